The highest BCUT2D eigenvalue weighted by Crippen LogP contribution is 2.34. The van der Waals surface area contributed by atoms with E-state index in [0.29, 0.717) is 13.1 Å². The molecule has 0 bridgehead atoms. The Morgan fingerprint density at radius 2 is 1.97 bits per heavy atom. The van der Waals surface area contributed by atoms with Crippen molar-refractivity contribution in [1.29, 1.82) is 0 Å². The zero-order valence-corrected chi connectivity index (χ0v) is 19.4. The largest absolute Gasteiger partial charge is 0.353 e. The highest BCUT2D eigenvalue weighted by Gasteiger charge is 2.31. The van der Waals surface area contributed by atoms with Gasteiger partial charge in [-0.3, -0.25) is 14.6 Å². The number of carbonyl (C=O) groups excluding carboxylic acids is 1. The number of hydrogen-bond donors (Lipinski definition) is 0. The molecule has 0 saturated carbocycles. The van der Waals surface area contributed by atoms with Crippen LogP contribution in [0.25, 0.3) is 10.2 Å². The quantitative estimate of drug-likeness (QED) is 0.404. The summed E-state index contributed by atoms with van der Waals surface area (Å²) in [5, 5.41) is 0.776. The molecule has 32 heavy (non-hydrogen) atoms. The number of amides is 1. The van der Waals surface area contributed by atoms with E-state index in [9.17, 15) is 4.79 Å². The van der Waals surface area contributed by atoms with Crippen LogP contribution in [0.15, 0.2) is 66.9 Å². The summed E-state index contributed by atoms with van der Waals surface area (Å²) in [5.74, 6) is 0.103. The monoisotopic (exact) mass is 444 g/mol. The van der Waals surface area contributed by atoms with E-state index in [4.69, 9.17) is 4.98 Å². The molecule has 0 N–H and O–H groups in total. The van der Waals surface area contributed by atoms with Gasteiger partial charge in [-0.1, -0.05) is 53.8 Å². The third-order valence-electron chi connectivity index (χ3n) is 6.35. The van der Waals surface area contributed by atoms with Crippen LogP contribution in [0, 0.1) is 6.92 Å². The molecule has 0 spiro atoms. The Hall–Kier alpha value is -2.96. The van der Waals surface area contributed by atoms with Crippen LogP contribution in [0.4, 0.5) is 5.13 Å². The van der Waals surface area contributed by atoms with Gasteiger partial charge in [0, 0.05) is 18.9 Å². The van der Waals surface area contributed by atoms with E-state index in [2.05, 4.69) is 72.1 Å². The number of para-hydroxylation sites is 1. The van der Waals surface area contributed by atoms with Crippen molar-refractivity contribution in [3.8, 4) is 0 Å². The Morgan fingerprint density at radius 3 is 2.72 bits per heavy atom. The van der Waals surface area contributed by atoms with Crippen molar-refractivity contribution in [2.24, 2.45) is 7.05 Å². The van der Waals surface area contributed by atoms with Gasteiger partial charge < -0.3 is 4.57 Å². The van der Waals surface area contributed by atoms with Gasteiger partial charge >= 0.3 is 0 Å². The summed E-state index contributed by atoms with van der Waals surface area (Å²) in [4.78, 5) is 22.8. The Bertz CT molecular complexity index is 1230. The fraction of sp³-hybridized carbons (Fsp3) is 0.308. The highest BCUT2D eigenvalue weighted by molar-refractivity contribution is 7.22. The first-order valence-electron chi connectivity index (χ1n) is 11.2. The topological polar surface area (TPSA) is 41.4 Å². The van der Waals surface area contributed by atoms with E-state index >= 15 is 0 Å². The van der Waals surface area contributed by atoms with Crippen LogP contribution in [-0.2, 0) is 18.4 Å². The second kappa shape index (κ2) is 8.88. The Balaban J connectivity index is 1.45. The predicted octanol–water partition coefficient (Wildman–Crippen LogP) is 5.31. The molecule has 1 saturated heterocycles. The van der Waals surface area contributed by atoms with Gasteiger partial charge in [-0.05, 0) is 55.6 Å². The van der Waals surface area contributed by atoms with Crippen molar-refractivity contribution >= 4 is 32.6 Å². The normalized spacial score (nSPS) is 16.6. The lowest BCUT2D eigenvalue weighted by Gasteiger charge is -2.28. The molecular weight excluding hydrogens is 416 g/mol. The van der Waals surface area contributed by atoms with Crippen molar-refractivity contribution in [3.63, 3.8) is 0 Å². The van der Waals surface area contributed by atoms with Crippen molar-refractivity contribution in [1.82, 2.24) is 14.5 Å². The summed E-state index contributed by atoms with van der Waals surface area (Å²) in [5.41, 5.74) is 4.51. The number of nitrogens with zero attached hydrogens (tertiary/aromatic N) is 4. The minimum atomic E-state index is 0.103. The number of hydrogen-bond acceptors (Lipinski definition) is 4. The summed E-state index contributed by atoms with van der Waals surface area (Å²) in [6, 6.07) is 20.9. The number of aryl methyl sites for hydroxylation is 2. The van der Waals surface area contributed by atoms with Gasteiger partial charge in [0.15, 0.2) is 5.13 Å². The minimum absolute atomic E-state index is 0.103. The molecule has 164 valence electrons. The molecule has 1 aliphatic rings. The van der Waals surface area contributed by atoms with E-state index < -0.39 is 0 Å². The fourth-order valence-corrected chi connectivity index (χ4v) is 5.71. The molecule has 2 aromatic heterocycles. The molecule has 1 atom stereocenters. The fourth-order valence-electron chi connectivity index (χ4n) is 4.65. The van der Waals surface area contributed by atoms with Crippen LogP contribution >= 0.6 is 11.3 Å². The number of fused-ring (bicyclic) bond motifs is 1. The van der Waals surface area contributed by atoms with Crippen molar-refractivity contribution < 1.29 is 4.79 Å². The molecule has 1 unspecified atom stereocenters. The van der Waals surface area contributed by atoms with E-state index in [0.717, 1.165) is 45.9 Å². The van der Waals surface area contributed by atoms with Crippen LogP contribution in [0.1, 0.15) is 35.7 Å². The number of aromatic nitrogens is 2. The average Bonchev–Trinajstić information content (AvgIpc) is 3.52. The number of rotatable bonds is 6. The third-order valence-corrected chi connectivity index (χ3v) is 7.40. The zero-order valence-electron chi connectivity index (χ0n) is 18.6. The van der Waals surface area contributed by atoms with Crippen LogP contribution < -0.4 is 4.90 Å². The standard InChI is InChI=1S/C26H28N4OS/c1-19-9-6-14-23-25(19)27-26(32-23)30(17-20-10-4-3-5-11-20)24(31)18-29-16-8-13-22(29)21-12-7-15-28(21)2/h3-7,9-12,14-15,22H,8,13,16-18H2,1-2H3. The Morgan fingerprint density at radius 1 is 1.12 bits per heavy atom. The molecule has 1 fully saturated rings. The number of thiazole rings is 1. The van der Waals surface area contributed by atoms with Crippen LogP contribution in [0.3, 0.4) is 0 Å². The maximum absolute atomic E-state index is 13.7. The van der Waals surface area contributed by atoms with Crippen molar-refractivity contribution in [3.05, 3.63) is 83.7 Å². The average molecular weight is 445 g/mol. The lowest BCUT2D eigenvalue weighted by Crippen LogP contribution is -2.40. The summed E-state index contributed by atoms with van der Waals surface area (Å²) < 4.78 is 3.29. The maximum Gasteiger partial charge on any atom is 0.243 e. The molecule has 0 radical (unpaired) electrons. The van der Waals surface area contributed by atoms with Gasteiger partial charge in [-0.2, -0.15) is 0 Å². The highest BCUT2D eigenvalue weighted by atomic mass is 32.1. The van der Waals surface area contributed by atoms with Gasteiger partial charge in [0.05, 0.1) is 29.3 Å². The van der Waals surface area contributed by atoms with Gasteiger partial charge in [-0.25, -0.2) is 4.98 Å². The SMILES string of the molecule is Cc1cccc2sc(N(Cc3ccccc3)C(=O)CN3CCCC3c3cccn3C)nc12. The molecule has 5 nitrogen and oxygen atoms in total. The van der Waals surface area contributed by atoms with E-state index in [1.807, 2.05) is 23.1 Å². The summed E-state index contributed by atoms with van der Waals surface area (Å²) in [7, 11) is 2.08. The molecule has 1 aliphatic heterocycles. The van der Waals surface area contributed by atoms with Crippen LogP contribution in [0.5, 0.6) is 0 Å². The Labute approximate surface area is 192 Å². The second-order valence-electron chi connectivity index (χ2n) is 8.56. The van der Waals surface area contributed by atoms with E-state index in [1.54, 1.807) is 11.3 Å². The molecule has 2 aromatic carbocycles. The second-order valence-corrected chi connectivity index (χ2v) is 9.57. The number of benzene rings is 2. The van der Waals surface area contributed by atoms with Gasteiger partial charge in [0.1, 0.15) is 0 Å². The summed E-state index contributed by atoms with van der Waals surface area (Å²) in [6.45, 7) is 3.95. The van der Waals surface area contributed by atoms with Crippen LogP contribution in [0.2, 0.25) is 0 Å². The third kappa shape index (κ3) is 4.08. The molecule has 6 heteroatoms. The molecule has 1 amide bonds. The van der Waals surface area contributed by atoms with E-state index in [1.165, 1.54) is 5.69 Å². The first-order valence-corrected chi connectivity index (χ1v) is 12.0. The lowest BCUT2D eigenvalue weighted by molar-refractivity contribution is -0.120. The summed E-state index contributed by atoms with van der Waals surface area (Å²) in [6.07, 6.45) is 4.28. The van der Waals surface area contributed by atoms with Gasteiger partial charge in [-0.15, -0.1) is 0 Å². The zero-order chi connectivity index (χ0) is 22.1. The predicted molar refractivity (Wildman–Crippen MR) is 131 cm³/mol. The molecule has 0 aliphatic carbocycles. The number of likely N-dealkylation sites (tertiary alicyclic amines) is 1. The van der Waals surface area contributed by atoms with Gasteiger partial charge in [0.25, 0.3) is 0 Å². The van der Waals surface area contributed by atoms with Crippen LogP contribution in [-0.4, -0.2) is 33.4 Å². The molecule has 4 aromatic rings. The first-order chi connectivity index (χ1) is 15.6. The van der Waals surface area contributed by atoms with E-state index in [-0.39, 0.29) is 11.9 Å². The Kier molecular flexibility index (Phi) is 5.81. The van der Waals surface area contributed by atoms with Crippen molar-refractivity contribution in [2.45, 2.75) is 32.4 Å². The number of carbonyl (C=O) groups is 1. The first kappa shape index (κ1) is 20.9. The van der Waals surface area contributed by atoms with Crippen molar-refractivity contribution in [2.75, 3.05) is 18.0 Å². The molecule has 3 heterocycles. The van der Waals surface area contributed by atoms with Gasteiger partial charge in [0.2, 0.25) is 5.91 Å². The smallest absolute Gasteiger partial charge is 0.243 e. The number of anilines is 1. The lowest BCUT2D eigenvalue weighted by atomic mass is 10.1. The molecular formula is C26H28N4OS. The maximum atomic E-state index is 13.7. The minimum Gasteiger partial charge on any atom is -0.353 e. The molecule has 5 rings (SSSR count). The summed E-state index contributed by atoms with van der Waals surface area (Å²) >= 11 is 1.60.